The standard InChI is InChI=1S/C15H12BrNOS2/c16-11-5-7-12(8-6-11)18-9-10-19-15-17-13-3-1-2-4-14(13)20-15/h1-8H,9-10H2. The first kappa shape index (κ1) is 13.9. The maximum absolute atomic E-state index is 5.69. The largest absolute Gasteiger partial charge is 0.493 e. The van der Waals surface area contributed by atoms with Gasteiger partial charge in [0.15, 0.2) is 4.34 Å². The number of thioether (sulfide) groups is 1. The Morgan fingerprint density at radius 2 is 1.90 bits per heavy atom. The Hall–Kier alpha value is -1.04. The molecule has 3 aromatic rings. The second-order valence-electron chi connectivity index (χ2n) is 4.10. The minimum Gasteiger partial charge on any atom is -0.493 e. The molecule has 0 atom stereocenters. The summed E-state index contributed by atoms with van der Waals surface area (Å²) in [5.41, 5.74) is 1.08. The van der Waals surface area contributed by atoms with Gasteiger partial charge in [0, 0.05) is 10.2 Å². The molecular weight excluding hydrogens is 354 g/mol. The van der Waals surface area contributed by atoms with Gasteiger partial charge in [-0.25, -0.2) is 4.98 Å². The van der Waals surface area contributed by atoms with Gasteiger partial charge < -0.3 is 4.74 Å². The van der Waals surface area contributed by atoms with Crippen molar-refractivity contribution >= 4 is 49.2 Å². The molecule has 0 aliphatic carbocycles. The van der Waals surface area contributed by atoms with Crippen molar-refractivity contribution in [2.24, 2.45) is 0 Å². The van der Waals surface area contributed by atoms with Crippen molar-refractivity contribution in [2.75, 3.05) is 12.4 Å². The number of para-hydroxylation sites is 1. The van der Waals surface area contributed by atoms with Gasteiger partial charge in [-0.15, -0.1) is 11.3 Å². The van der Waals surface area contributed by atoms with Gasteiger partial charge >= 0.3 is 0 Å². The van der Waals surface area contributed by atoms with Crippen LogP contribution >= 0.6 is 39.0 Å². The molecule has 0 unspecified atom stereocenters. The average Bonchev–Trinajstić information content (AvgIpc) is 2.88. The molecule has 1 heterocycles. The van der Waals surface area contributed by atoms with Gasteiger partial charge in [-0.3, -0.25) is 0 Å². The summed E-state index contributed by atoms with van der Waals surface area (Å²) in [4.78, 5) is 4.59. The number of aromatic nitrogens is 1. The monoisotopic (exact) mass is 365 g/mol. The first-order valence-corrected chi connectivity index (χ1v) is 8.77. The number of ether oxygens (including phenoxy) is 1. The number of hydrogen-bond acceptors (Lipinski definition) is 4. The van der Waals surface area contributed by atoms with Gasteiger partial charge in [0.05, 0.1) is 16.8 Å². The Morgan fingerprint density at radius 1 is 1.10 bits per heavy atom. The zero-order chi connectivity index (χ0) is 13.8. The molecular formula is C15H12BrNOS2. The Bertz CT molecular complexity index is 663. The third-order valence-corrected chi connectivity index (χ3v) is 5.34. The van der Waals surface area contributed by atoms with Crippen molar-refractivity contribution in [3.63, 3.8) is 0 Å². The molecule has 0 bridgehead atoms. The lowest BCUT2D eigenvalue weighted by molar-refractivity contribution is 0.344. The molecule has 0 fully saturated rings. The Labute approximate surface area is 134 Å². The van der Waals surface area contributed by atoms with Crippen LogP contribution in [0.4, 0.5) is 0 Å². The Morgan fingerprint density at radius 3 is 2.70 bits per heavy atom. The average molecular weight is 366 g/mol. The van der Waals surface area contributed by atoms with Crippen LogP contribution < -0.4 is 4.74 Å². The lowest BCUT2D eigenvalue weighted by Gasteiger charge is -2.04. The van der Waals surface area contributed by atoms with Crippen LogP contribution in [-0.2, 0) is 0 Å². The highest BCUT2D eigenvalue weighted by Crippen LogP contribution is 2.29. The van der Waals surface area contributed by atoms with E-state index in [1.807, 2.05) is 42.5 Å². The van der Waals surface area contributed by atoms with Crippen LogP contribution in [0, 0.1) is 0 Å². The van der Waals surface area contributed by atoms with E-state index in [4.69, 9.17) is 4.74 Å². The molecule has 3 rings (SSSR count). The first-order valence-electron chi connectivity index (χ1n) is 6.18. The second-order valence-corrected chi connectivity index (χ2v) is 7.39. The Balaban J connectivity index is 1.51. The quantitative estimate of drug-likeness (QED) is 0.456. The molecule has 0 saturated carbocycles. The molecule has 0 N–H and O–H groups in total. The normalized spacial score (nSPS) is 10.8. The molecule has 20 heavy (non-hydrogen) atoms. The first-order chi connectivity index (χ1) is 9.81. The molecule has 5 heteroatoms. The molecule has 0 amide bonds. The Kier molecular flexibility index (Phi) is 4.60. The second kappa shape index (κ2) is 6.61. The van der Waals surface area contributed by atoms with Gasteiger partial charge in [-0.1, -0.05) is 39.8 Å². The van der Waals surface area contributed by atoms with Gasteiger partial charge in [0.25, 0.3) is 0 Å². The summed E-state index contributed by atoms with van der Waals surface area (Å²) >= 11 is 6.89. The highest BCUT2D eigenvalue weighted by atomic mass is 79.9. The van der Waals surface area contributed by atoms with Gasteiger partial charge in [-0.05, 0) is 36.4 Å². The predicted molar refractivity (Wildman–Crippen MR) is 90.0 cm³/mol. The van der Waals surface area contributed by atoms with Crippen LogP contribution in [0.15, 0.2) is 57.3 Å². The summed E-state index contributed by atoms with van der Waals surface area (Å²) < 4.78 is 9.10. The van der Waals surface area contributed by atoms with Gasteiger partial charge in [0.2, 0.25) is 0 Å². The van der Waals surface area contributed by atoms with Crippen LogP contribution in [0.25, 0.3) is 10.2 Å². The topological polar surface area (TPSA) is 22.1 Å². The highest BCUT2D eigenvalue weighted by Gasteiger charge is 2.03. The van der Waals surface area contributed by atoms with Crippen LogP contribution in [0.1, 0.15) is 0 Å². The summed E-state index contributed by atoms with van der Waals surface area (Å²) in [6.07, 6.45) is 0. The molecule has 0 aliphatic heterocycles. The van der Waals surface area contributed by atoms with E-state index in [-0.39, 0.29) is 0 Å². The van der Waals surface area contributed by atoms with Crippen molar-refractivity contribution in [1.82, 2.24) is 4.98 Å². The summed E-state index contributed by atoms with van der Waals surface area (Å²) in [5, 5.41) is 0. The molecule has 0 spiro atoms. The summed E-state index contributed by atoms with van der Waals surface area (Å²) in [5.74, 6) is 1.80. The van der Waals surface area contributed by atoms with E-state index in [0.717, 1.165) is 25.8 Å². The maximum atomic E-state index is 5.69. The summed E-state index contributed by atoms with van der Waals surface area (Å²) in [7, 11) is 0. The molecule has 2 aromatic carbocycles. The van der Waals surface area contributed by atoms with E-state index >= 15 is 0 Å². The van der Waals surface area contributed by atoms with Crippen molar-refractivity contribution in [1.29, 1.82) is 0 Å². The predicted octanol–water partition coefficient (Wildman–Crippen LogP) is 5.23. The number of benzene rings is 2. The van der Waals surface area contributed by atoms with Gasteiger partial charge in [-0.2, -0.15) is 0 Å². The van der Waals surface area contributed by atoms with Gasteiger partial charge in [0.1, 0.15) is 5.75 Å². The number of fused-ring (bicyclic) bond motifs is 1. The van der Waals surface area contributed by atoms with E-state index in [9.17, 15) is 0 Å². The lowest BCUT2D eigenvalue weighted by atomic mass is 10.3. The summed E-state index contributed by atoms with van der Waals surface area (Å²) in [6.45, 7) is 0.683. The van der Waals surface area contributed by atoms with Crippen molar-refractivity contribution < 1.29 is 4.74 Å². The fourth-order valence-electron chi connectivity index (χ4n) is 1.73. The number of nitrogens with zero attached hydrogens (tertiary/aromatic N) is 1. The number of thiazole rings is 1. The van der Waals surface area contributed by atoms with Crippen LogP contribution in [0.2, 0.25) is 0 Å². The zero-order valence-corrected chi connectivity index (χ0v) is 13.8. The minimum absolute atomic E-state index is 0.683. The third-order valence-electron chi connectivity index (χ3n) is 2.67. The molecule has 0 radical (unpaired) electrons. The molecule has 2 nitrogen and oxygen atoms in total. The maximum Gasteiger partial charge on any atom is 0.151 e. The molecule has 1 aromatic heterocycles. The molecule has 0 aliphatic rings. The van der Waals surface area contributed by atoms with Crippen LogP contribution in [0.5, 0.6) is 5.75 Å². The zero-order valence-electron chi connectivity index (χ0n) is 10.6. The number of hydrogen-bond donors (Lipinski definition) is 0. The SMILES string of the molecule is Brc1ccc(OCCSc2nc3ccccc3s2)cc1. The number of rotatable bonds is 5. The third kappa shape index (κ3) is 3.53. The smallest absolute Gasteiger partial charge is 0.151 e. The number of halogens is 1. The van der Waals surface area contributed by atoms with E-state index in [0.29, 0.717) is 6.61 Å². The fraction of sp³-hybridized carbons (Fsp3) is 0.133. The fourth-order valence-corrected chi connectivity index (χ4v) is 3.95. The molecule has 0 saturated heterocycles. The van der Waals surface area contributed by atoms with E-state index in [1.54, 1.807) is 23.1 Å². The van der Waals surface area contributed by atoms with E-state index < -0.39 is 0 Å². The van der Waals surface area contributed by atoms with Crippen LogP contribution in [-0.4, -0.2) is 17.3 Å². The highest BCUT2D eigenvalue weighted by molar-refractivity contribution is 9.10. The van der Waals surface area contributed by atoms with Crippen molar-refractivity contribution in [3.8, 4) is 5.75 Å². The molecule has 102 valence electrons. The van der Waals surface area contributed by atoms with Crippen molar-refractivity contribution in [3.05, 3.63) is 53.0 Å². The van der Waals surface area contributed by atoms with Crippen molar-refractivity contribution in [2.45, 2.75) is 4.34 Å². The lowest BCUT2D eigenvalue weighted by Crippen LogP contribution is -1.99. The minimum atomic E-state index is 0.683. The summed E-state index contributed by atoms with van der Waals surface area (Å²) in [6, 6.07) is 16.1. The van der Waals surface area contributed by atoms with E-state index in [1.165, 1.54) is 4.70 Å². The van der Waals surface area contributed by atoms with E-state index in [2.05, 4.69) is 27.0 Å². The van der Waals surface area contributed by atoms with Crippen LogP contribution in [0.3, 0.4) is 0 Å².